The van der Waals surface area contributed by atoms with Crippen LogP contribution >= 0.6 is 9.24 Å². The maximum absolute atomic E-state index is 6.93. The van der Waals surface area contributed by atoms with Crippen molar-refractivity contribution in [2.24, 2.45) is 39.5 Å². The summed E-state index contributed by atoms with van der Waals surface area (Å²) >= 11 is 0. The number of hydrogen-bond donors (Lipinski definition) is 5. The third-order valence-corrected chi connectivity index (χ3v) is 7.93. The van der Waals surface area contributed by atoms with E-state index in [4.69, 9.17) is 28.7 Å². The maximum atomic E-state index is 6.93. The fourth-order valence-electron chi connectivity index (χ4n) is 4.18. The van der Waals surface area contributed by atoms with E-state index in [9.17, 15) is 0 Å². The average molecular weight is 382 g/mol. The molecule has 3 atom stereocenters. The first-order valence-electron chi connectivity index (χ1n) is 9.20. The molecule has 0 bridgehead atoms. The van der Waals surface area contributed by atoms with E-state index < -0.39 is 32.9 Å². The summed E-state index contributed by atoms with van der Waals surface area (Å²) in [7, 11) is 2.58. The van der Waals surface area contributed by atoms with Crippen molar-refractivity contribution < 1.29 is 0 Å². The second-order valence-electron chi connectivity index (χ2n) is 9.32. The molecule has 0 aromatic heterocycles. The highest BCUT2D eigenvalue weighted by Crippen LogP contribution is 2.57. The van der Waals surface area contributed by atoms with Crippen LogP contribution < -0.4 is 28.7 Å². The van der Waals surface area contributed by atoms with Gasteiger partial charge in [-0.1, -0.05) is 71.9 Å². The summed E-state index contributed by atoms with van der Waals surface area (Å²) in [5.74, 6) is 0. The van der Waals surface area contributed by atoms with Gasteiger partial charge in [0.15, 0.2) is 0 Å². The fraction of sp³-hybridized carbons (Fsp3) is 0.700. The summed E-state index contributed by atoms with van der Waals surface area (Å²) in [5.41, 5.74) is 30.4. The molecule has 150 valence electrons. The standard InChI is InChI=1S/C20H40N5P/c1-8-17(6,20(24,25)18(7,21)26)16(4,5)19(22,23)15(2,3)14-12-10-9-11-13-14/h9-13H,8,21-26H2,1-7H3. The minimum absolute atomic E-state index is 0.532. The molecule has 5 nitrogen and oxygen atoms in total. The van der Waals surface area contributed by atoms with Crippen molar-refractivity contribution in [3.63, 3.8) is 0 Å². The van der Waals surface area contributed by atoms with Gasteiger partial charge in [0.05, 0.1) is 16.6 Å². The van der Waals surface area contributed by atoms with Crippen molar-refractivity contribution in [2.75, 3.05) is 0 Å². The van der Waals surface area contributed by atoms with Gasteiger partial charge in [0.25, 0.3) is 0 Å². The average Bonchev–Trinajstić information content (AvgIpc) is 2.52. The number of benzene rings is 1. The molecule has 0 fully saturated rings. The molecule has 0 saturated heterocycles. The summed E-state index contributed by atoms with van der Waals surface area (Å²) in [5, 5.41) is -0.901. The Hall–Kier alpha value is -0.550. The third kappa shape index (κ3) is 3.13. The van der Waals surface area contributed by atoms with Crippen LogP contribution in [0.4, 0.5) is 0 Å². The van der Waals surface area contributed by atoms with Crippen LogP contribution in [0, 0.1) is 10.8 Å². The van der Waals surface area contributed by atoms with Crippen molar-refractivity contribution in [1.82, 2.24) is 0 Å². The molecule has 1 rings (SSSR count). The highest BCUT2D eigenvalue weighted by Gasteiger charge is 2.65. The van der Waals surface area contributed by atoms with Gasteiger partial charge in [0.2, 0.25) is 0 Å². The zero-order chi connectivity index (χ0) is 20.8. The Labute approximate surface area is 162 Å². The molecule has 0 heterocycles. The molecule has 6 heteroatoms. The maximum Gasteiger partial charge on any atom is 0.0915 e. The highest BCUT2D eigenvalue weighted by molar-refractivity contribution is 7.19. The first kappa shape index (κ1) is 23.5. The number of nitrogens with two attached hydrogens (primary N) is 5. The van der Waals surface area contributed by atoms with Gasteiger partial charge < -0.3 is 28.7 Å². The molecule has 0 aliphatic carbocycles. The summed E-state index contributed by atoms with van der Waals surface area (Å²) in [6.45, 7) is 14.1. The summed E-state index contributed by atoms with van der Waals surface area (Å²) < 4.78 is 0. The monoisotopic (exact) mass is 381 g/mol. The predicted molar refractivity (Wildman–Crippen MR) is 116 cm³/mol. The van der Waals surface area contributed by atoms with Gasteiger partial charge in [-0.3, -0.25) is 0 Å². The SMILES string of the molecule is CCC(C)(C(C)(C)C(N)(N)C(C)(C)c1ccccc1)C(N)(N)C(C)(N)P. The quantitative estimate of drug-likeness (QED) is 0.365. The Morgan fingerprint density at radius 3 is 1.54 bits per heavy atom. The van der Waals surface area contributed by atoms with Gasteiger partial charge in [-0.05, 0) is 18.9 Å². The lowest BCUT2D eigenvalue weighted by Gasteiger charge is -2.64. The Balaban J connectivity index is 3.63. The topological polar surface area (TPSA) is 130 Å². The molecule has 0 radical (unpaired) electrons. The molecule has 10 N–H and O–H groups in total. The molecular weight excluding hydrogens is 341 g/mol. The first-order valence-corrected chi connectivity index (χ1v) is 9.78. The first-order chi connectivity index (χ1) is 11.4. The van der Waals surface area contributed by atoms with Crippen LogP contribution in [0.1, 0.15) is 60.5 Å². The lowest BCUT2D eigenvalue weighted by Crippen LogP contribution is -2.83. The van der Waals surface area contributed by atoms with Crippen LogP contribution in [-0.4, -0.2) is 16.6 Å². The van der Waals surface area contributed by atoms with Crippen molar-refractivity contribution >= 4 is 9.24 Å². The molecule has 0 aliphatic heterocycles. The Morgan fingerprint density at radius 2 is 1.19 bits per heavy atom. The number of hydrogen-bond acceptors (Lipinski definition) is 5. The lowest BCUT2D eigenvalue weighted by molar-refractivity contribution is -0.0902. The summed E-state index contributed by atoms with van der Waals surface area (Å²) in [6, 6.07) is 10.1. The largest absolute Gasteiger partial charge is 0.320 e. The van der Waals surface area contributed by atoms with E-state index in [2.05, 4.69) is 42.1 Å². The van der Waals surface area contributed by atoms with Crippen LogP contribution in [0.2, 0.25) is 0 Å². The second kappa shape index (κ2) is 6.80. The second-order valence-corrected chi connectivity index (χ2v) is 10.5. The van der Waals surface area contributed by atoms with E-state index in [1.807, 2.05) is 45.9 Å². The van der Waals surface area contributed by atoms with E-state index >= 15 is 0 Å². The zero-order valence-electron chi connectivity index (χ0n) is 17.6. The summed E-state index contributed by atoms with van der Waals surface area (Å²) in [6.07, 6.45) is 0.676. The Morgan fingerprint density at radius 1 is 0.769 bits per heavy atom. The number of rotatable bonds is 7. The van der Waals surface area contributed by atoms with E-state index in [1.54, 1.807) is 0 Å². The van der Waals surface area contributed by atoms with Gasteiger partial charge in [0.1, 0.15) is 0 Å². The fourth-order valence-corrected chi connectivity index (χ4v) is 4.50. The van der Waals surface area contributed by atoms with Crippen LogP contribution in [0.25, 0.3) is 0 Å². The molecule has 0 spiro atoms. The smallest absolute Gasteiger partial charge is 0.0915 e. The highest BCUT2D eigenvalue weighted by atomic mass is 31.0. The molecule has 1 aromatic carbocycles. The van der Waals surface area contributed by atoms with Crippen LogP contribution in [0.3, 0.4) is 0 Å². The molecular formula is C20H40N5P. The van der Waals surface area contributed by atoms with Crippen LogP contribution in [0.15, 0.2) is 30.3 Å². The van der Waals surface area contributed by atoms with Gasteiger partial charge >= 0.3 is 0 Å². The molecule has 0 aliphatic rings. The van der Waals surface area contributed by atoms with Gasteiger partial charge in [-0.2, -0.15) is 0 Å². The predicted octanol–water partition coefficient (Wildman–Crippen LogP) is 2.18. The Bertz CT molecular complexity index is 617. The minimum atomic E-state index is -1.22. The van der Waals surface area contributed by atoms with Crippen LogP contribution in [0.5, 0.6) is 0 Å². The van der Waals surface area contributed by atoms with Crippen molar-refractivity contribution in [1.29, 1.82) is 0 Å². The van der Waals surface area contributed by atoms with Crippen molar-refractivity contribution in [2.45, 2.75) is 76.9 Å². The van der Waals surface area contributed by atoms with Gasteiger partial charge in [-0.15, -0.1) is 9.24 Å². The molecule has 0 saturated carbocycles. The Kier molecular flexibility index (Phi) is 6.15. The van der Waals surface area contributed by atoms with E-state index in [-0.39, 0.29) is 0 Å². The molecule has 3 unspecified atom stereocenters. The molecule has 26 heavy (non-hydrogen) atoms. The van der Waals surface area contributed by atoms with Crippen molar-refractivity contribution in [3.8, 4) is 0 Å². The van der Waals surface area contributed by atoms with E-state index in [1.165, 1.54) is 0 Å². The third-order valence-electron chi connectivity index (χ3n) is 7.45. The normalized spacial score (nSPS) is 19.0. The molecule has 0 amide bonds. The van der Waals surface area contributed by atoms with Crippen molar-refractivity contribution in [3.05, 3.63) is 35.9 Å². The zero-order valence-corrected chi connectivity index (χ0v) is 18.7. The van der Waals surface area contributed by atoms with Gasteiger partial charge in [0, 0.05) is 16.2 Å². The summed E-state index contributed by atoms with van der Waals surface area (Å²) in [4.78, 5) is 0. The molecule has 1 aromatic rings. The van der Waals surface area contributed by atoms with Crippen LogP contribution in [-0.2, 0) is 5.41 Å². The lowest BCUT2D eigenvalue weighted by atomic mass is 9.48. The van der Waals surface area contributed by atoms with Gasteiger partial charge in [-0.25, -0.2) is 0 Å². The van der Waals surface area contributed by atoms with E-state index in [0.29, 0.717) is 6.42 Å². The van der Waals surface area contributed by atoms with E-state index in [0.717, 1.165) is 5.56 Å². The minimum Gasteiger partial charge on any atom is -0.320 e.